The average Bonchev–Trinajstić information content (AvgIpc) is 2.43. The predicted molar refractivity (Wildman–Crippen MR) is 74.0 cm³/mol. The molecule has 0 radical (unpaired) electrons. The van der Waals surface area contributed by atoms with Crippen LogP contribution in [0.5, 0.6) is 0 Å². The third kappa shape index (κ3) is 3.47. The second-order valence-electron chi connectivity index (χ2n) is 4.70. The highest BCUT2D eigenvalue weighted by molar-refractivity contribution is 5.70. The molecule has 1 aromatic carbocycles. The van der Waals surface area contributed by atoms with Crippen molar-refractivity contribution in [3.63, 3.8) is 0 Å². The largest absolute Gasteiger partial charge is 0.739 e. The molecule has 1 heterocycles. The zero-order chi connectivity index (χ0) is 15.4. The number of fused-ring (bicyclic) bond motifs is 1. The molecule has 8 nitrogen and oxygen atoms in total. The molecule has 2 rings (SSSR count). The first-order valence-corrected chi connectivity index (χ1v) is 6.54. The maximum Gasteiger partial charge on any atom is 0.460 e. The maximum absolute atomic E-state index is 12.1. The molecule has 21 heavy (non-hydrogen) atoms. The van der Waals surface area contributed by atoms with Crippen LogP contribution < -0.4 is 14.9 Å². The fourth-order valence-corrected chi connectivity index (χ4v) is 1.80. The Labute approximate surface area is 121 Å². The summed E-state index contributed by atoms with van der Waals surface area (Å²) >= 11 is 0. The molecule has 1 N–H and O–H groups in total. The van der Waals surface area contributed by atoms with Crippen LogP contribution in [-0.4, -0.2) is 23.7 Å². The molecule has 0 aliphatic carbocycles. The van der Waals surface area contributed by atoms with Gasteiger partial charge in [-0.15, -0.1) is 0 Å². The molecule has 0 saturated heterocycles. The minimum Gasteiger partial charge on any atom is -0.739 e. The van der Waals surface area contributed by atoms with Gasteiger partial charge in [-0.3, -0.25) is 10.1 Å². The van der Waals surface area contributed by atoms with Gasteiger partial charge in [-0.1, -0.05) is 12.1 Å². The van der Waals surface area contributed by atoms with Gasteiger partial charge in [0.05, 0.1) is 19.1 Å². The smallest absolute Gasteiger partial charge is 0.460 e. The Morgan fingerprint density at radius 1 is 1.33 bits per heavy atom. The summed E-state index contributed by atoms with van der Waals surface area (Å²) in [6, 6.07) is 6.33. The van der Waals surface area contributed by atoms with Crippen LogP contribution in [0.15, 0.2) is 24.3 Å². The Balaban J connectivity index is 2.09. The molecule has 0 saturated carbocycles. The van der Waals surface area contributed by atoms with Gasteiger partial charge in [0.1, 0.15) is 0 Å². The minimum absolute atomic E-state index is 0.0749. The third-order valence-electron chi connectivity index (χ3n) is 2.66. The predicted octanol–water partition coefficient (Wildman–Crippen LogP) is 0.255. The van der Waals surface area contributed by atoms with Gasteiger partial charge in [0.15, 0.2) is 5.52 Å². The Morgan fingerprint density at radius 2 is 2.00 bits per heavy atom. The molecule has 1 aromatic heterocycles. The molecule has 0 fully saturated rings. The molecule has 0 atom stereocenters. The van der Waals surface area contributed by atoms with Crippen molar-refractivity contribution in [2.45, 2.75) is 26.4 Å². The van der Waals surface area contributed by atoms with Gasteiger partial charge in [0.25, 0.3) is 5.52 Å². The van der Waals surface area contributed by atoms with Crippen molar-refractivity contribution < 1.29 is 19.1 Å². The van der Waals surface area contributed by atoms with Crippen LogP contribution in [0.3, 0.4) is 0 Å². The summed E-state index contributed by atoms with van der Waals surface area (Å²) in [5, 5.41) is 30.0. The van der Waals surface area contributed by atoms with Crippen molar-refractivity contribution in [1.29, 1.82) is 0 Å². The molecule has 8 heteroatoms. The quantitative estimate of drug-likeness (QED) is 0.481. The average molecular weight is 292 g/mol. The lowest BCUT2D eigenvalue weighted by Gasteiger charge is -2.10. The zero-order valence-corrected chi connectivity index (χ0v) is 11.8. The van der Waals surface area contributed by atoms with Gasteiger partial charge in [0.2, 0.25) is 5.10 Å². The topological polar surface area (TPSA) is 105 Å². The minimum atomic E-state index is -0.384. The van der Waals surface area contributed by atoms with Crippen molar-refractivity contribution in [2.24, 2.45) is 0 Å². The lowest BCUT2D eigenvalue weighted by molar-refractivity contribution is -0.672. The van der Waals surface area contributed by atoms with Gasteiger partial charge in [0, 0.05) is 10.9 Å². The number of esters is 1. The third-order valence-corrected chi connectivity index (χ3v) is 2.66. The summed E-state index contributed by atoms with van der Waals surface area (Å²) in [7, 11) is 0. The first-order valence-electron chi connectivity index (χ1n) is 6.54. The van der Waals surface area contributed by atoms with E-state index in [9.17, 15) is 15.2 Å². The van der Waals surface area contributed by atoms with E-state index in [1.165, 1.54) is 12.1 Å². The number of hydrogen-bond acceptors (Lipinski definition) is 6. The molecule has 0 aliphatic rings. The van der Waals surface area contributed by atoms with Crippen molar-refractivity contribution >= 4 is 23.0 Å². The molecule has 0 unspecified atom stereocenters. The SMILES string of the molecule is CC(C)OC(=O)CCNc1n[n+]([O-])c2ccccc2[n+]1[O-]. The summed E-state index contributed by atoms with van der Waals surface area (Å²) in [4.78, 5) is 11.7. The van der Waals surface area contributed by atoms with E-state index in [-0.39, 0.29) is 42.0 Å². The van der Waals surface area contributed by atoms with Gasteiger partial charge < -0.3 is 15.2 Å². The summed E-state index contributed by atoms with van der Waals surface area (Å²) in [6.07, 6.45) is -0.115. The summed E-state index contributed by atoms with van der Waals surface area (Å²) in [5.74, 6) is -0.535. The maximum atomic E-state index is 12.1. The number of nitrogens with zero attached hydrogens (tertiary/aromatic N) is 3. The molecule has 112 valence electrons. The van der Waals surface area contributed by atoms with Crippen LogP contribution in [0.1, 0.15) is 20.3 Å². The van der Waals surface area contributed by atoms with Gasteiger partial charge >= 0.3 is 11.9 Å². The molecule has 0 spiro atoms. The molecular weight excluding hydrogens is 276 g/mol. The van der Waals surface area contributed by atoms with Crippen LogP contribution in [0.2, 0.25) is 0 Å². The summed E-state index contributed by atoms with van der Waals surface area (Å²) in [6.45, 7) is 3.66. The van der Waals surface area contributed by atoms with E-state index in [1.807, 2.05) is 0 Å². The highest BCUT2D eigenvalue weighted by atomic mass is 16.5. The van der Waals surface area contributed by atoms with Gasteiger partial charge in [-0.05, 0) is 19.9 Å². The second-order valence-corrected chi connectivity index (χ2v) is 4.70. The van der Waals surface area contributed by atoms with Crippen LogP contribution in [0, 0.1) is 10.4 Å². The highest BCUT2D eigenvalue weighted by Crippen LogP contribution is 2.05. The van der Waals surface area contributed by atoms with Gasteiger partial charge in [-0.25, -0.2) is 4.73 Å². The van der Waals surface area contributed by atoms with Crippen molar-refractivity contribution in [2.75, 3.05) is 11.9 Å². The number of rotatable bonds is 5. The van der Waals surface area contributed by atoms with Crippen LogP contribution in [0.4, 0.5) is 5.95 Å². The van der Waals surface area contributed by atoms with E-state index < -0.39 is 0 Å². The van der Waals surface area contributed by atoms with Crippen LogP contribution in [-0.2, 0) is 9.53 Å². The number of hydrogen-bond donors (Lipinski definition) is 1. The normalized spacial score (nSPS) is 10.8. The number of ether oxygens (including phenoxy) is 1. The Bertz CT molecular complexity index is 660. The monoisotopic (exact) mass is 292 g/mol. The number of aromatic nitrogens is 3. The van der Waals surface area contributed by atoms with E-state index in [2.05, 4.69) is 10.4 Å². The number of nitrogens with one attached hydrogen (secondary N) is 1. The Morgan fingerprint density at radius 3 is 2.67 bits per heavy atom. The summed E-state index contributed by atoms with van der Waals surface area (Å²) in [5.41, 5.74) is 0.382. The van der Waals surface area contributed by atoms with Gasteiger partial charge in [-0.2, -0.15) is 0 Å². The van der Waals surface area contributed by atoms with Crippen molar-refractivity contribution in [1.82, 2.24) is 5.10 Å². The molecule has 0 amide bonds. The lowest BCUT2D eigenvalue weighted by Crippen LogP contribution is -2.44. The number of benzene rings is 1. The number of para-hydroxylation sites is 2. The molecule has 2 aromatic rings. The first-order chi connectivity index (χ1) is 9.99. The lowest BCUT2D eigenvalue weighted by atomic mass is 10.3. The standard InChI is InChI=1S/C13H16N4O4/c1-9(2)21-12(18)7-8-14-13-15-17(20)11-6-4-3-5-10(11)16(13)19/h3-6,9H,7-8H2,1-2H3,(H,14,15). The zero-order valence-electron chi connectivity index (χ0n) is 11.8. The fraction of sp³-hybridized carbons (Fsp3) is 0.385. The van der Waals surface area contributed by atoms with Crippen LogP contribution >= 0.6 is 0 Å². The van der Waals surface area contributed by atoms with E-state index in [0.717, 1.165) is 0 Å². The molecular formula is C13H16N4O4. The van der Waals surface area contributed by atoms with Crippen LogP contribution in [0.25, 0.3) is 11.0 Å². The fourth-order valence-electron chi connectivity index (χ4n) is 1.80. The van der Waals surface area contributed by atoms with E-state index in [4.69, 9.17) is 4.74 Å². The van der Waals surface area contributed by atoms with E-state index >= 15 is 0 Å². The number of anilines is 1. The highest BCUT2D eigenvalue weighted by Gasteiger charge is 2.19. The first kappa shape index (κ1) is 14.8. The Hall–Kier alpha value is -2.64. The number of carbonyl (C=O) groups excluding carboxylic acids is 1. The second kappa shape index (κ2) is 6.21. The van der Waals surface area contributed by atoms with Crippen molar-refractivity contribution in [3.05, 3.63) is 34.7 Å². The Kier molecular flexibility index (Phi) is 4.36. The van der Waals surface area contributed by atoms with E-state index in [0.29, 0.717) is 9.58 Å². The van der Waals surface area contributed by atoms with Crippen molar-refractivity contribution in [3.8, 4) is 0 Å². The van der Waals surface area contributed by atoms with E-state index in [1.54, 1.807) is 26.0 Å². The number of carbonyl (C=O) groups is 1. The molecule has 0 bridgehead atoms. The summed E-state index contributed by atoms with van der Waals surface area (Å²) < 4.78 is 5.49. The molecule has 0 aliphatic heterocycles.